The highest BCUT2D eigenvalue weighted by Crippen LogP contribution is 2.23. The van der Waals surface area contributed by atoms with Crippen molar-refractivity contribution in [2.24, 2.45) is 11.7 Å². The number of amides is 2. The first-order chi connectivity index (χ1) is 11.5. The van der Waals surface area contributed by atoms with Crippen molar-refractivity contribution in [3.8, 4) is 5.75 Å². The Bertz CT molecular complexity index is 569. The van der Waals surface area contributed by atoms with E-state index in [-0.39, 0.29) is 24.3 Å². The lowest BCUT2D eigenvalue weighted by atomic mass is 9.97. The fourth-order valence-corrected chi connectivity index (χ4v) is 3.01. The molecular formula is C18H27N3O3. The SMILES string of the molecule is Cc1cccc(C)c1OCC(=O)N1CCCC(C(=O)NCCN)C1. The van der Waals surface area contributed by atoms with Crippen molar-refractivity contribution >= 4 is 11.8 Å². The maximum atomic E-state index is 12.4. The van der Waals surface area contributed by atoms with Crippen LogP contribution in [0.4, 0.5) is 0 Å². The van der Waals surface area contributed by atoms with E-state index in [0.29, 0.717) is 26.2 Å². The molecular weight excluding hydrogens is 306 g/mol. The Kier molecular flexibility index (Phi) is 6.61. The number of aryl methyl sites for hydroxylation is 2. The smallest absolute Gasteiger partial charge is 0.260 e. The Morgan fingerprint density at radius 2 is 2.04 bits per heavy atom. The predicted molar refractivity (Wildman–Crippen MR) is 92.8 cm³/mol. The van der Waals surface area contributed by atoms with Crippen molar-refractivity contribution in [1.82, 2.24) is 10.2 Å². The minimum Gasteiger partial charge on any atom is -0.483 e. The van der Waals surface area contributed by atoms with E-state index in [1.165, 1.54) is 0 Å². The second-order valence-corrected chi connectivity index (χ2v) is 6.27. The van der Waals surface area contributed by atoms with Crippen LogP contribution in [0.15, 0.2) is 18.2 Å². The third-order valence-corrected chi connectivity index (χ3v) is 4.34. The van der Waals surface area contributed by atoms with Crippen molar-refractivity contribution in [2.45, 2.75) is 26.7 Å². The van der Waals surface area contributed by atoms with E-state index in [2.05, 4.69) is 5.32 Å². The molecule has 1 aliphatic heterocycles. The normalized spacial score (nSPS) is 17.5. The van der Waals surface area contributed by atoms with Gasteiger partial charge in [-0.1, -0.05) is 18.2 Å². The van der Waals surface area contributed by atoms with Gasteiger partial charge in [0, 0.05) is 26.2 Å². The maximum absolute atomic E-state index is 12.4. The number of hydrogen-bond donors (Lipinski definition) is 2. The fourth-order valence-electron chi connectivity index (χ4n) is 3.01. The topological polar surface area (TPSA) is 84.7 Å². The van der Waals surface area contributed by atoms with Crippen LogP contribution in [0.25, 0.3) is 0 Å². The summed E-state index contributed by atoms with van der Waals surface area (Å²) in [5.74, 6) is 0.511. The number of benzene rings is 1. The van der Waals surface area contributed by atoms with E-state index in [1.54, 1.807) is 4.90 Å². The zero-order valence-corrected chi connectivity index (χ0v) is 14.5. The van der Waals surface area contributed by atoms with E-state index < -0.39 is 0 Å². The van der Waals surface area contributed by atoms with Crippen molar-refractivity contribution in [1.29, 1.82) is 0 Å². The predicted octanol–water partition coefficient (Wildman–Crippen LogP) is 0.996. The van der Waals surface area contributed by atoms with E-state index in [4.69, 9.17) is 10.5 Å². The lowest BCUT2D eigenvalue weighted by Crippen LogP contribution is -2.47. The van der Waals surface area contributed by atoms with Gasteiger partial charge < -0.3 is 20.7 Å². The first-order valence-electron chi connectivity index (χ1n) is 8.47. The number of rotatable bonds is 6. The number of likely N-dealkylation sites (tertiary alicyclic amines) is 1. The second-order valence-electron chi connectivity index (χ2n) is 6.27. The van der Waals surface area contributed by atoms with Gasteiger partial charge in [-0.05, 0) is 37.8 Å². The summed E-state index contributed by atoms with van der Waals surface area (Å²) >= 11 is 0. The lowest BCUT2D eigenvalue weighted by molar-refractivity contribution is -0.137. The van der Waals surface area contributed by atoms with Crippen molar-refractivity contribution in [2.75, 3.05) is 32.8 Å². The minimum atomic E-state index is -0.158. The number of hydrogen-bond acceptors (Lipinski definition) is 4. The number of carbonyl (C=O) groups excluding carboxylic acids is 2. The number of carbonyl (C=O) groups is 2. The minimum absolute atomic E-state index is 0.00281. The molecule has 1 heterocycles. The molecule has 0 bridgehead atoms. The molecule has 1 unspecified atom stereocenters. The Labute approximate surface area is 143 Å². The van der Waals surface area contributed by atoms with E-state index >= 15 is 0 Å². The molecule has 0 saturated carbocycles. The first kappa shape index (κ1) is 18.3. The Morgan fingerprint density at radius 1 is 1.33 bits per heavy atom. The highest BCUT2D eigenvalue weighted by atomic mass is 16.5. The molecule has 0 radical (unpaired) electrons. The molecule has 1 aromatic rings. The zero-order chi connectivity index (χ0) is 17.5. The van der Waals surface area contributed by atoms with Crippen LogP contribution in [0, 0.1) is 19.8 Å². The molecule has 0 spiro atoms. The lowest BCUT2D eigenvalue weighted by Gasteiger charge is -2.32. The molecule has 3 N–H and O–H groups in total. The first-order valence-corrected chi connectivity index (χ1v) is 8.47. The quantitative estimate of drug-likeness (QED) is 0.813. The molecule has 24 heavy (non-hydrogen) atoms. The molecule has 132 valence electrons. The second kappa shape index (κ2) is 8.68. The molecule has 0 aliphatic carbocycles. The van der Waals surface area contributed by atoms with Crippen LogP contribution in [0.1, 0.15) is 24.0 Å². The standard InChI is InChI=1S/C18H27N3O3/c1-13-5-3-6-14(2)17(13)24-12-16(22)21-10-4-7-15(11-21)18(23)20-9-8-19/h3,5-6,15H,4,7-12,19H2,1-2H3,(H,20,23). The number of para-hydroxylation sites is 1. The summed E-state index contributed by atoms with van der Waals surface area (Å²) in [6.45, 7) is 5.95. The summed E-state index contributed by atoms with van der Waals surface area (Å²) in [5, 5.41) is 2.80. The van der Waals surface area contributed by atoms with Crippen LogP contribution in [-0.4, -0.2) is 49.5 Å². The van der Waals surface area contributed by atoms with Crippen molar-refractivity contribution in [3.05, 3.63) is 29.3 Å². The van der Waals surface area contributed by atoms with Gasteiger partial charge in [-0.2, -0.15) is 0 Å². The van der Waals surface area contributed by atoms with Crippen LogP contribution >= 0.6 is 0 Å². The van der Waals surface area contributed by atoms with Gasteiger partial charge in [-0.25, -0.2) is 0 Å². The fraction of sp³-hybridized carbons (Fsp3) is 0.556. The van der Waals surface area contributed by atoms with Gasteiger partial charge in [0.25, 0.3) is 5.91 Å². The van der Waals surface area contributed by atoms with Gasteiger partial charge in [-0.3, -0.25) is 9.59 Å². The van der Waals surface area contributed by atoms with Gasteiger partial charge in [0.05, 0.1) is 5.92 Å². The Hall–Kier alpha value is -2.08. The van der Waals surface area contributed by atoms with Gasteiger partial charge in [0.2, 0.25) is 5.91 Å². The molecule has 6 nitrogen and oxygen atoms in total. The van der Waals surface area contributed by atoms with Gasteiger partial charge in [-0.15, -0.1) is 0 Å². The number of nitrogens with two attached hydrogens (primary N) is 1. The average Bonchev–Trinajstić information content (AvgIpc) is 2.59. The largest absolute Gasteiger partial charge is 0.483 e. The Morgan fingerprint density at radius 3 is 2.71 bits per heavy atom. The van der Waals surface area contributed by atoms with Crippen molar-refractivity contribution in [3.63, 3.8) is 0 Å². The van der Waals surface area contributed by atoms with Gasteiger partial charge in [0.1, 0.15) is 5.75 Å². The number of piperidine rings is 1. The molecule has 2 rings (SSSR count). The molecule has 1 aromatic carbocycles. The number of nitrogens with zero attached hydrogens (tertiary/aromatic N) is 1. The zero-order valence-electron chi connectivity index (χ0n) is 14.5. The highest BCUT2D eigenvalue weighted by molar-refractivity contribution is 5.82. The molecule has 0 aromatic heterocycles. The van der Waals surface area contributed by atoms with Crippen LogP contribution in [0.2, 0.25) is 0 Å². The van der Waals surface area contributed by atoms with Crippen LogP contribution in [0.3, 0.4) is 0 Å². The molecule has 6 heteroatoms. The summed E-state index contributed by atoms with van der Waals surface area (Å²) in [4.78, 5) is 26.2. The Balaban J connectivity index is 1.89. The molecule has 1 fully saturated rings. The summed E-state index contributed by atoms with van der Waals surface area (Å²) < 4.78 is 5.73. The third-order valence-electron chi connectivity index (χ3n) is 4.34. The van der Waals surface area contributed by atoms with E-state index in [0.717, 1.165) is 29.7 Å². The third kappa shape index (κ3) is 4.71. The molecule has 2 amide bonds. The highest BCUT2D eigenvalue weighted by Gasteiger charge is 2.28. The molecule has 1 aliphatic rings. The summed E-state index contributed by atoms with van der Waals surface area (Å²) in [6.07, 6.45) is 1.63. The molecule has 1 atom stereocenters. The average molecular weight is 333 g/mol. The number of ether oxygens (including phenoxy) is 1. The molecule has 1 saturated heterocycles. The summed E-state index contributed by atoms with van der Waals surface area (Å²) in [5.41, 5.74) is 7.43. The monoisotopic (exact) mass is 333 g/mol. The maximum Gasteiger partial charge on any atom is 0.260 e. The van der Waals surface area contributed by atoms with Gasteiger partial charge >= 0.3 is 0 Å². The van der Waals surface area contributed by atoms with Crippen LogP contribution in [-0.2, 0) is 9.59 Å². The summed E-state index contributed by atoms with van der Waals surface area (Å²) in [6, 6.07) is 5.89. The number of nitrogens with one attached hydrogen (secondary N) is 1. The van der Waals surface area contributed by atoms with E-state index in [1.807, 2.05) is 32.0 Å². The van der Waals surface area contributed by atoms with Crippen LogP contribution < -0.4 is 15.8 Å². The van der Waals surface area contributed by atoms with Gasteiger partial charge in [0.15, 0.2) is 6.61 Å². The summed E-state index contributed by atoms with van der Waals surface area (Å²) in [7, 11) is 0. The van der Waals surface area contributed by atoms with Crippen LogP contribution in [0.5, 0.6) is 5.75 Å². The van der Waals surface area contributed by atoms with Crippen molar-refractivity contribution < 1.29 is 14.3 Å². The van der Waals surface area contributed by atoms with E-state index in [9.17, 15) is 9.59 Å².